The number of ether oxygens (including phenoxy) is 1. The number of piperazine rings is 1. The van der Waals surface area contributed by atoms with Crippen LogP contribution in [0.2, 0.25) is 0 Å². The highest BCUT2D eigenvalue weighted by molar-refractivity contribution is 5.30. The molecule has 0 unspecified atom stereocenters. The van der Waals surface area contributed by atoms with Gasteiger partial charge in [0.05, 0.1) is 0 Å². The number of hydrogen-bond donors (Lipinski definition) is 1. The minimum absolute atomic E-state index is 0.867. The van der Waals surface area contributed by atoms with Gasteiger partial charge in [-0.3, -0.25) is 4.90 Å². The second-order valence-corrected chi connectivity index (χ2v) is 6.25. The fourth-order valence-electron chi connectivity index (χ4n) is 2.83. The lowest BCUT2D eigenvalue weighted by atomic mass is 10.3. The molecule has 0 bridgehead atoms. The summed E-state index contributed by atoms with van der Waals surface area (Å²) in [6.45, 7) is 13.4. The Morgan fingerprint density at radius 1 is 1.04 bits per heavy atom. The van der Waals surface area contributed by atoms with Crippen molar-refractivity contribution in [3.8, 4) is 0 Å². The van der Waals surface area contributed by atoms with Crippen LogP contribution in [0.5, 0.6) is 0 Å². The van der Waals surface area contributed by atoms with Crippen molar-refractivity contribution < 1.29 is 4.74 Å². The fraction of sp³-hybridized carbons (Fsp3) is 0.778. The summed E-state index contributed by atoms with van der Waals surface area (Å²) < 4.78 is 5.69. The van der Waals surface area contributed by atoms with Crippen LogP contribution in [0, 0.1) is 0 Å². The van der Waals surface area contributed by atoms with Crippen LogP contribution in [-0.2, 0) is 11.2 Å². The second-order valence-electron chi connectivity index (χ2n) is 6.25. The van der Waals surface area contributed by atoms with Crippen LogP contribution in [0.1, 0.15) is 32.3 Å². The van der Waals surface area contributed by atoms with E-state index in [9.17, 15) is 0 Å². The molecule has 0 saturated carbocycles. The normalized spacial score (nSPS) is 15.8. The average molecular weight is 335 g/mol. The van der Waals surface area contributed by atoms with Gasteiger partial charge in [-0.2, -0.15) is 0 Å². The highest BCUT2D eigenvalue weighted by Crippen LogP contribution is 2.11. The molecule has 1 aromatic heterocycles. The number of rotatable bonds is 11. The first-order valence-electron chi connectivity index (χ1n) is 9.40. The summed E-state index contributed by atoms with van der Waals surface area (Å²) in [5.74, 6) is 0.871. The van der Waals surface area contributed by atoms with Crippen molar-refractivity contribution in [2.45, 2.75) is 33.1 Å². The van der Waals surface area contributed by atoms with Crippen molar-refractivity contribution in [1.82, 2.24) is 20.2 Å². The fourth-order valence-corrected chi connectivity index (χ4v) is 2.83. The van der Waals surface area contributed by atoms with Crippen LogP contribution in [0.4, 0.5) is 5.95 Å². The quantitative estimate of drug-likeness (QED) is 0.620. The Balaban J connectivity index is 1.54. The summed E-state index contributed by atoms with van der Waals surface area (Å²) in [5.41, 5.74) is 1.20. The van der Waals surface area contributed by atoms with Gasteiger partial charge in [0.2, 0.25) is 5.95 Å². The highest BCUT2D eigenvalue weighted by atomic mass is 16.5. The Hall–Kier alpha value is -1.24. The minimum Gasteiger partial charge on any atom is -0.381 e. The van der Waals surface area contributed by atoms with Crippen molar-refractivity contribution in [1.29, 1.82) is 0 Å². The van der Waals surface area contributed by atoms with Crippen LogP contribution >= 0.6 is 0 Å². The van der Waals surface area contributed by atoms with Crippen LogP contribution in [-0.4, -0.2) is 73.9 Å². The maximum Gasteiger partial charge on any atom is 0.225 e. The molecule has 0 radical (unpaired) electrons. The molecular formula is C18H33N5O. The first-order chi connectivity index (χ1) is 11.8. The first-order valence-corrected chi connectivity index (χ1v) is 9.40. The van der Waals surface area contributed by atoms with Gasteiger partial charge in [-0.25, -0.2) is 9.97 Å². The van der Waals surface area contributed by atoms with Crippen molar-refractivity contribution >= 4 is 5.95 Å². The van der Waals surface area contributed by atoms with Gasteiger partial charge in [0.1, 0.15) is 0 Å². The summed E-state index contributed by atoms with van der Waals surface area (Å²) in [5, 5.41) is 3.31. The van der Waals surface area contributed by atoms with E-state index in [1.807, 2.05) is 12.4 Å². The smallest absolute Gasteiger partial charge is 0.225 e. The van der Waals surface area contributed by atoms with E-state index >= 15 is 0 Å². The van der Waals surface area contributed by atoms with E-state index in [1.54, 1.807) is 0 Å². The van der Waals surface area contributed by atoms with Gasteiger partial charge in [-0.05, 0) is 37.9 Å². The molecular weight excluding hydrogens is 302 g/mol. The summed E-state index contributed by atoms with van der Waals surface area (Å²) in [7, 11) is 0. The highest BCUT2D eigenvalue weighted by Gasteiger charge is 2.18. The third-order valence-electron chi connectivity index (χ3n) is 4.41. The predicted octanol–water partition coefficient (Wildman–Crippen LogP) is 1.57. The molecule has 2 heterocycles. The summed E-state index contributed by atoms with van der Waals surface area (Å²) >= 11 is 0. The lowest BCUT2D eigenvalue weighted by Crippen LogP contribution is -2.47. The van der Waals surface area contributed by atoms with E-state index < -0.39 is 0 Å². The van der Waals surface area contributed by atoms with Gasteiger partial charge in [0.15, 0.2) is 0 Å². The molecule has 1 aliphatic rings. The van der Waals surface area contributed by atoms with Crippen LogP contribution in [0.15, 0.2) is 12.4 Å². The predicted molar refractivity (Wildman–Crippen MR) is 98.7 cm³/mol. The lowest BCUT2D eigenvalue weighted by Gasteiger charge is -2.34. The average Bonchev–Trinajstić information content (AvgIpc) is 2.64. The van der Waals surface area contributed by atoms with Gasteiger partial charge in [-0.1, -0.05) is 13.8 Å². The molecule has 0 spiro atoms. The molecule has 6 nitrogen and oxygen atoms in total. The molecule has 2 rings (SSSR count). The minimum atomic E-state index is 0.867. The molecule has 6 heteroatoms. The number of hydrogen-bond acceptors (Lipinski definition) is 6. The summed E-state index contributed by atoms with van der Waals surface area (Å²) in [6.07, 6.45) is 7.10. The maximum absolute atomic E-state index is 5.69. The molecule has 24 heavy (non-hydrogen) atoms. The van der Waals surface area contributed by atoms with Crippen molar-refractivity contribution in [2.75, 3.05) is 63.9 Å². The van der Waals surface area contributed by atoms with Crippen LogP contribution in [0.3, 0.4) is 0 Å². The number of nitrogens with one attached hydrogen (secondary N) is 1. The molecule has 1 aromatic rings. The molecule has 0 atom stereocenters. The second kappa shape index (κ2) is 11.3. The number of aryl methyl sites for hydroxylation is 1. The Bertz CT molecular complexity index is 432. The van der Waals surface area contributed by atoms with Crippen LogP contribution in [0.25, 0.3) is 0 Å². The largest absolute Gasteiger partial charge is 0.381 e. The molecule has 136 valence electrons. The molecule has 1 fully saturated rings. The van der Waals surface area contributed by atoms with Crippen molar-refractivity contribution in [3.63, 3.8) is 0 Å². The van der Waals surface area contributed by atoms with Gasteiger partial charge in [-0.15, -0.1) is 0 Å². The monoisotopic (exact) mass is 335 g/mol. The molecule has 1 saturated heterocycles. The zero-order valence-corrected chi connectivity index (χ0v) is 15.3. The molecule has 1 N–H and O–H groups in total. The Morgan fingerprint density at radius 3 is 2.42 bits per heavy atom. The number of aromatic nitrogens is 2. The Kier molecular flexibility index (Phi) is 9.02. The van der Waals surface area contributed by atoms with E-state index in [-0.39, 0.29) is 0 Å². The zero-order chi connectivity index (χ0) is 17.0. The van der Waals surface area contributed by atoms with Gasteiger partial charge >= 0.3 is 0 Å². The van der Waals surface area contributed by atoms with Gasteiger partial charge in [0.25, 0.3) is 0 Å². The lowest BCUT2D eigenvalue weighted by molar-refractivity contribution is 0.117. The summed E-state index contributed by atoms with van der Waals surface area (Å²) in [4.78, 5) is 13.8. The maximum atomic E-state index is 5.69. The Morgan fingerprint density at radius 2 is 1.75 bits per heavy atom. The van der Waals surface area contributed by atoms with Crippen molar-refractivity contribution in [2.24, 2.45) is 0 Å². The third-order valence-corrected chi connectivity index (χ3v) is 4.41. The summed E-state index contributed by atoms with van der Waals surface area (Å²) in [6, 6.07) is 0. The third kappa shape index (κ3) is 6.71. The molecule has 0 amide bonds. The van der Waals surface area contributed by atoms with E-state index in [1.165, 1.54) is 5.56 Å². The zero-order valence-electron chi connectivity index (χ0n) is 15.3. The molecule has 0 aliphatic carbocycles. The molecule has 1 aliphatic heterocycles. The van der Waals surface area contributed by atoms with Crippen molar-refractivity contribution in [3.05, 3.63) is 18.0 Å². The van der Waals surface area contributed by atoms with E-state index in [0.29, 0.717) is 0 Å². The van der Waals surface area contributed by atoms with Gasteiger partial charge in [0, 0.05) is 58.3 Å². The molecule has 0 aromatic carbocycles. The first kappa shape index (κ1) is 19.1. The van der Waals surface area contributed by atoms with Crippen LogP contribution < -0.4 is 10.2 Å². The standard InChI is InChI=1S/C18H33N5O/c1-3-17-15-20-18(21-16-17)23-11-9-22(10-12-23)8-6-14-24-13-5-7-19-4-2/h15-16,19H,3-14H2,1-2H3. The number of anilines is 1. The Labute approximate surface area is 146 Å². The SMILES string of the molecule is CCNCCCOCCCN1CCN(c2ncc(CC)cn2)CC1. The van der Waals surface area contributed by atoms with E-state index in [2.05, 4.69) is 38.9 Å². The topological polar surface area (TPSA) is 53.5 Å². The van der Waals surface area contributed by atoms with E-state index in [0.717, 1.165) is 84.2 Å². The van der Waals surface area contributed by atoms with Gasteiger partial charge < -0.3 is 15.0 Å². The number of nitrogens with zero attached hydrogens (tertiary/aromatic N) is 4. The van der Waals surface area contributed by atoms with E-state index in [4.69, 9.17) is 4.74 Å².